The molecular weight excluding hydrogens is 281 g/mol. The first kappa shape index (κ1) is 15.2. The zero-order valence-electron chi connectivity index (χ0n) is 11.2. The number of piperidine rings is 1. The van der Waals surface area contributed by atoms with E-state index in [9.17, 15) is 12.8 Å². The number of rotatable bonds is 5. The molecule has 5 nitrogen and oxygen atoms in total. The van der Waals surface area contributed by atoms with Crippen LogP contribution in [0.4, 0.5) is 10.1 Å². The van der Waals surface area contributed by atoms with Crippen LogP contribution in [0.5, 0.6) is 0 Å². The highest BCUT2D eigenvalue weighted by molar-refractivity contribution is 7.89. The van der Waals surface area contributed by atoms with Crippen LogP contribution in [-0.2, 0) is 10.0 Å². The monoisotopic (exact) mass is 301 g/mol. The number of anilines is 1. The second-order valence-corrected chi connectivity index (χ2v) is 6.68. The number of nitrogens with one attached hydrogen (secondary N) is 2. The Bertz CT molecular complexity index is 557. The van der Waals surface area contributed by atoms with Crippen LogP contribution in [-0.4, -0.2) is 28.1 Å². The number of hydrogen-bond acceptors (Lipinski definition) is 4. The lowest BCUT2D eigenvalue weighted by Gasteiger charge is -2.22. The molecule has 1 atom stereocenters. The first-order valence-electron chi connectivity index (χ1n) is 6.74. The minimum atomic E-state index is -3.86. The molecule has 1 fully saturated rings. The molecule has 0 aromatic heterocycles. The van der Waals surface area contributed by atoms with Crippen LogP contribution in [0.3, 0.4) is 0 Å². The third-order valence-corrected chi connectivity index (χ3v) is 4.45. The topological polar surface area (TPSA) is 84.2 Å². The van der Waals surface area contributed by atoms with Gasteiger partial charge in [0.05, 0.1) is 10.6 Å². The van der Waals surface area contributed by atoms with Gasteiger partial charge in [0.2, 0.25) is 10.0 Å². The number of hydrogen-bond donors (Lipinski definition) is 3. The summed E-state index contributed by atoms with van der Waals surface area (Å²) in [5, 5.41) is 11.3. The van der Waals surface area contributed by atoms with Crippen LogP contribution < -0.4 is 15.8 Å². The van der Waals surface area contributed by atoms with Gasteiger partial charge in [0.1, 0.15) is 5.82 Å². The zero-order valence-corrected chi connectivity index (χ0v) is 12.0. The van der Waals surface area contributed by atoms with Gasteiger partial charge in [0.15, 0.2) is 0 Å². The van der Waals surface area contributed by atoms with E-state index >= 15 is 0 Å². The van der Waals surface area contributed by atoms with Gasteiger partial charge in [0.25, 0.3) is 0 Å². The third-order valence-electron chi connectivity index (χ3n) is 3.54. The molecule has 0 amide bonds. The molecule has 0 saturated carbocycles. The van der Waals surface area contributed by atoms with E-state index in [-0.39, 0.29) is 4.90 Å². The molecular formula is C13H20FN3O2S. The molecule has 20 heavy (non-hydrogen) atoms. The van der Waals surface area contributed by atoms with Crippen molar-refractivity contribution in [2.45, 2.75) is 24.2 Å². The maximum atomic E-state index is 13.8. The molecule has 1 aromatic carbocycles. The van der Waals surface area contributed by atoms with E-state index in [0.29, 0.717) is 18.2 Å². The fourth-order valence-corrected chi connectivity index (χ4v) is 2.92. The molecule has 1 saturated heterocycles. The van der Waals surface area contributed by atoms with E-state index in [0.717, 1.165) is 25.6 Å². The number of nitrogens with two attached hydrogens (primary N) is 1. The average molecular weight is 301 g/mol. The van der Waals surface area contributed by atoms with E-state index in [4.69, 9.17) is 5.14 Å². The second-order valence-electron chi connectivity index (χ2n) is 5.11. The summed E-state index contributed by atoms with van der Waals surface area (Å²) >= 11 is 0. The Balaban J connectivity index is 1.90. The number of sulfonamides is 1. The van der Waals surface area contributed by atoms with Crippen molar-refractivity contribution >= 4 is 15.7 Å². The van der Waals surface area contributed by atoms with E-state index in [1.165, 1.54) is 25.0 Å². The highest BCUT2D eigenvalue weighted by Crippen LogP contribution is 2.19. The van der Waals surface area contributed by atoms with Crippen LogP contribution in [0.25, 0.3) is 0 Å². The van der Waals surface area contributed by atoms with Crippen LogP contribution in [0.1, 0.15) is 19.3 Å². The Morgan fingerprint density at radius 2 is 2.25 bits per heavy atom. The molecule has 0 spiro atoms. The molecule has 7 heteroatoms. The molecule has 2 rings (SSSR count). The lowest BCUT2D eigenvalue weighted by molar-refractivity contribution is 0.364. The molecule has 1 aliphatic heterocycles. The molecule has 0 aliphatic carbocycles. The van der Waals surface area contributed by atoms with Crippen LogP contribution in [0.15, 0.2) is 23.1 Å². The zero-order chi connectivity index (χ0) is 14.6. The first-order chi connectivity index (χ1) is 9.47. The van der Waals surface area contributed by atoms with E-state index in [2.05, 4.69) is 10.6 Å². The standard InChI is InChI=1S/C13H20FN3O2S/c14-12-8-11(20(15,18)19)3-4-13(12)17-7-5-10-2-1-6-16-9-10/h3-4,8,10,16-17H,1-2,5-7,9H2,(H2,15,18,19). The highest BCUT2D eigenvalue weighted by atomic mass is 32.2. The minimum Gasteiger partial charge on any atom is -0.383 e. The van der Waals surface area contributed by atoms with Gasteiger partial charge in [-0.3, -0.25) is 0 Å². The summed E-state index contributed by atoms with van der Waals surface area (Å²) in [6.45, 7) is 2.75. The predicted octanol–water partition coefficient (Wildman–Crippen LogP) is 1.27. The predicted molar refractivity (Wildman–Crippen MR) is 76.5 cm³/mol. The van der Waals surface area contributed by atoms with Crippen molar-refractivity contribution in [1.29, 1.82) is 0 Å². The number of primary sulfonamides is 1. The fourth-order valence-electron chi connectivity index (χ4n) is 2.40. The molecule has 112 valence electrons. The van der Waals surface area contributed by atoms with Gasteiger partial charge < -0.3 is 10.6 Å². The fraction of sp³-hybridized carbons (Fsp3) is 0.538. The summed E-state index contributed by atoms with van der Waals surface area (Å²) in [6.07, 6.45) is 3.34. The Hall–Kier alpha value is -1.18. The molecule has 1 aromatic rings. The lowest BCUT2D eigenvalue weighted by atomic mass is 9.96. The van der Waals surface area contributed by atoms with Gasteiger partial charge >= 0.3 is 0 Å². The molecule has 1 aliphatic rings. The first-order valence-corrected chi connectivity index (χ1v) is 8.28. The van der Waals surface area contributed by atoms with Crippen molar-refractivity contribution in [3.8, 4) is 0 Å². The third kappa shape index (κ3) is 4.16. The maximum Gasteiger partial charge on any atom is 0.238 e. The largest absolute Gasteiger partial charge is 0.383 e. The molecule has 1 unspecified atom stereocenters. The van der Waals surface area contributed by atoms with Gasteiger partial charge in [-0.25, -0.2) is 17.9 Å². The van der Waals surface area contributed by atoms with Gasteiger partial charge in [-0.2, -0.15) is 0 Å². The smallest absolute Gasteiger partial charge is 0.238 e. The molecule has 4 N–H and O–H groups in total. The Morgan fingerprint density at radius 1 is 1.45 bits per heavy atom. The normalized spacial score (nSPS) is 19.8. The van der Waals surface area contributed by atoms with Gasteiger partial charge in [-0.05, 0) is 56.5 Å². The minimum absolute atomic E-state index is 0.211. The van der Waals surface area contributed by atoms with Crippen molar-refractivity contribution in [2.24, 2.45) is 11.1 Å². The van der Waals surface area contributed by atoms with Gasteiger partial charge in [0, 0.05) is 6.54 Å². The summed E-state index contributed by atoms with van der Waals surface area (Å²) < 4.78 is 36.0. The Kier molecular flexibility index (Phi) is 4.95. The van der Waals surface area contributed by atoms with E-state index < -0.39 is 15.8 Å². The van der Waals surface area contributed by atoms with E-state index in [1.54, 1.807) is 0 Å². The summed E-state index contributed by atoms with van der Waals surface area (Å²) in [4.78, 5) is -0.211. The van der Waals surface area contributed by atoms with Gasteiger partial charge in [-0.1, -0.05) is 0 Å². The molecule has 0 radical (unpaired) electrons. The van der Waals surface area contributed by atoms with Crippen LogP contribution >= 0.6 is 0 Å². The van der Waals surface area contributed by atoms with Crippen molar-refractivity contribution in [1.82, 2.24) is 5.32 Å². The van der Waals surface area contributed by atoms with E-state index in [1.807, 2.05) is 0 Å². The van der Waals surface area contributed by atoms with Crippen LogP contribution in [0, 0.1) is 11.7 Å². The average Bonchev–Trinajstić information content (AvgIpc) is 2.40. The Morgan fingerprint density at radius 3 is 2.85 bits per heavy atom. The van der Waals surface area contributed by atoms with Crippen molar-refractivity contribution in [2.75, 3.05) is 25.0 Å². The summed E-state index contributed by atoms with van der Waals surface area (Å²) in [5.74, 6) is 0.0151. The number of halogens is 1. The summed E-state index contributed by atoms with van der Waals surface area (Å²) in [6, 6.07) is 3.66. The number of benzene rings is 1. The van der Waals surface area contributed by atoms with Crippen LogP contribution in [0.2, 0.25) is 0 Å². The van der Waals surface area contributed by atoms with Crippen molar-refractivity contribution in [3.63, 3.8) is 0 Å². The second kappa shape index (κ2) is 6.51. The molecule has 0 bridgehead atoms. The van der Waals surface area contributed by atoms with Gasteiger partial charge in [-0.15, -0.1) is 0 Å². The lowest BCUT2D eigenvalue weighted by Crippen LogP contribution is -2.30. The Labute approximate surface area is 118 Å². The highest BCUT2D eigenvalue weighted by Gasteiger charge is 2.14. The quantitative estimate of drug-likeness (QED) is 0.765. The maximum absolute atomic E-state index is 13.8. The molecule has 1 heterocycles. The van der Waals surface area contributed by atoms with Crippen molar-refractivity contribution in [3.05, 3.63) is 24.0 Å². The summed E-state index contributed by atoms with van der Waals surface area (Å²) in [7, 11) is -3.86. The summed E-state index contributed by atoms with van der Waals surface area (Å²) in [5.41, 5.74) is 0.307. The SMILES string of the molecule is NS(=O)(=O)c1ccc(NCCC2CCCNC2)c(F)c1. The van der Waals surface area contributed by atoms with Crippen molar-refractivity contribution < 1.29 is 12.8 Å².